The number of hydrogen-bond donors (Lipinski definition) is 0. The molecule has 0 aliphatic heterocycles. The molecule has 0 heterocycles. The molecule has 0 aromatic carbocycles. The Morgan fingerprint density at radius 2 is 2.10 bits per heavy atom. The van der Waals surface area contributed by atoms with Crippen LogP contribution in [0.3, 0.4) is 0 Å². The van der Waals surface area contributed by atoms with Gasteiger partial charge in [-0.3, -0.25) is 0 Å². The summed E-state index contributed by atoms with van der Waals surface area (Å²) in [5.41, 5.74) is 0. The maximum Gasteiger partial charge on any atom is 1.00 e. The standard InChI is InChI=1S/C3H7FO4S.Na/c1-3(4)8-2-9(5,6)7;/h3H,2H2,1H3,(H,5,6,7);/q;+1/p-1. The van der Waals surface area contributed by atoms with E-state index in [0.717, 1.165) is 6.92 Å². The fourth-order valence-corrected chi connectivity index (χ4v) is 0.531. The van der Waals surface area contributed by atoms with Gasteiger partial charge in [-0.1, -0.05) is 0 Å². The number of alkyl halides is 1. The molecular formula is C3H6FNaO4S. The number of hydrogen-bond acceptors (Lipinski definition) is 4. The maximum atomic E-state index is 11.6. The SMILES string of the molecule is CC(F)OCS(=O)(=O)[O-].[Na+]. The average Bonchev–Trinajstić information content (AvgIpc) is 1.59. The van der Waals surface area contributed by atoms with Crippen molar-refractivity contribution in [3.8, 4) is 0 Å². The van der Waals surface area contributed by atoms with E-state index in [-0.39, 0.29) is 29.6 Å². The Balaban J connectivity index is 0. The van der Waals surface area contributed by atoms with Crippen molar-refractivity contribution in [2.24, 2.45) is 0 Å². The molecule has 4 nitrogen and oxygen atoms in total. The van der Waals surface area contributed by atoms with E-state index in [1.807, 2.05) is 0 Å². The molecule has 0 rings (SSSR count). The summed E-state index contributed by atoms with van der Waals surface area (Å²) in [6.45, 7) is 0.991. The second kappa shape index (κ2) is 5.45. The molecule has 10 heavy (non-hydrogen) atoms. The molecular weight excluding hydrogens is 174 g/mol. The predicted octanol–water partition coefficient (Wildman–Crippen LogP) is -3.17. The fourth-order valence-electron chi connectivity index (χ4n) is 0.177. The van der Waals surface area contributed by atoms with Gasteiger partial charge >= 0.3 is 29.6 Å². The summed E-state index contributed by atoms with van der Waals surface area (Å²) in [6.07, 6.45) is -1.71. The first-order valence-corrected chi connectivity index (χ1v) is 3.69. The van der Waals surface area contributed by atoms with Crippen molar-refractivity contribution in [2.75, 3.05) is 5.94 Å². The number of ether oxygens (including phenoxy) is 1. The molecule has 0 aromatic heterocycles. The first-order chi connectivity index (χ1) is 3.92. The Labute approximate surface area is 80.8 Å². The van der Waals surface area contributed by atoms with Crippen molar-refractivity contribution in [3.63, 3.8) is 0 Å². The summed E-state index contributed by atoms with van der Waals surface area (Å²) in [7, 11) is -4.43. The van der Waals surface area contributed by atoms with Gasteiger partial charge in [-0.2, -0.15) is 0 Å². The third kappa shape index (κ3) is 11.6. The molecule has 7 heteroatoms. The zero-order valence-corrected chi connectivity index (χ0v) is 8.52. The Kier molecular flexibility index (Phi) is 7.30. The van der Waals surface area contributed by atoms with Gasteiger partial charge in [0.15, 0.2) is 6.36 Å². The van der Waals surface area contributed by atoms with Crippen molar-refractivity contribution in [1.82, 2.24) is 0 Å². The van der Waals surface area contributed by atoms with Gasteiger partial charge in [-0.05, 0) is 6.92 Å². The molecule has 0 saturated carbocycles. The van der Waals surface area contributed by atoms with E-state index in [4.69, 9.17) is 0 Å². The smallest absolute Gasteiger partial charge is 0.746 e. The monoisotopic (exact) mass is 180 g/mol. The minimum Gasteiger partial charge on any atom is -0.746 e. The zero-order chi connectivity index (χ0) is 7.49. The van der Waals surface area contributed by atoms with E-state index in [1.54, 1.807) is 0 Å². The van der Waals surface area contributed by atoms with Gasteiger partial charge in [0.2, 0.25) is 0 Å². The molecule has 0 aliphatic rings. The molecule has 0 spiro atoms. The fraction of sp³-hybridized carbons (Fsp3) is 1.00. The Morgan fingerprint density at radius 3 is 2.20 bits per heavy atom. The second-order valence-corrected chi connectivity index (χ2v) is 2.74. The van der Waals surface area contributed by atoms with Crippen LogP contribution in [0.15, 0.2) is 0 Å². The first kappa shape index (κ1) is 13.4. The third-order valence-corrected chi connectivity index (χ3v) is 0.867. The topological polar surface area (TPSA) is 66.4 Å². The van der Waals surface area contributed by atoms with Crippen LogP contribution in [0.1, 0.15) is 6.92 Å². The Bertz CT molecular complexity index is 165. The van der Waals surface area contributed by atoms with Gasteiger partial charge in [0, 0.05) is 0 Å². The molecule has 0 bridgehead atoms. The van der Waals surface area contributed by atoms with E-state index in [9.17, 15) is 17.4 Å². The van der Waals surface area contributed by atoms with Crippen LogP contribution >= 0.6 is 0 Å². The van der Waals surface area contributed by atoms with Gasteiger partial charge < -0.3 is 9.29 Å². The van der Waals surface area contributed by atoms with E-state index in [0.29, 0.717) is 0 Å². The van der Waals surface area contributed by atoms with Crippen LogP contribution < -0.4 is 29.6 Å². The maximum absolute atomic E-state index is 11.6. The van der Waals surface area contributed by atoms with Gasteiger partial charge in [-0.15, -0.1) is 0 Å². The van der Waals surface area contributed by atoms with Crippen molar-refractivity contribution in [2.45, 2.75) is 13.3 Å². The summed E-state index contributed by atoms with van der Waals surface area (Å²) in [5, 5.41) is 0. The summed E-state index contributed by atoms with van der Waals surface area (Å²) < 4.78 is 44.5. The zero-order valence-electron chi connectivity index (χ0n) is 5.70. The molecule has 1 unspecified atom stereocenters. The van der Waals surface area contributed by atoms with Crippen LogP contribution in [0.5, 0.6) is 0 Å². The summed E-state index contributed by atoms with van der Waals surface area (Å²) in [6, 6.07) is 0. The van der Waals surface area contributed by atoms with Crippen LogP contribution in [0.2, 0.25) is 0 Å². The normalized spacial score (nSPS) is 13.9. The molecule has 0 fully saturated rings. The molecule has 0 aliphatic carbocycles. The molecule has 56 valence electrons. The van der Waals surface area contributed by atoms with Crippen molar-refractivity contribution >= 4 is 10.1 Å². The van der Waals surface area contributed by atoms with Gasteiger partial charge in [0.25, 0.3) is 0 Å². The van der Waals surface area contributed by atoms with Crippen molar-refractivity contribution in [1.29, 1.82) is 0 Å². The summed E-state index contributed by atoms with van der Waals surface area (Å²) in [5.74, 6) is -1.11. The molecule has 0 amide bonds. The molecule has 0 N–H and O–H groups in total. The second-order valence-electron chi connectivity index (χ2n) is 1.39. The summed E-state index contributed by atoms with van der Waals surface area (Å²) in [4.78, 5) is 0. The van der Waals surface area contributed by atoms with Crippen LogP contribution in [0.25, 0.3) is 0 Å². The Hall–Kier alpha value is 0.800. The van der Waals surface area contributed by atoms with Gasteiger partial charge in [-0.25, -0.2) is 12.8 Å². The number of rotatable bonds is 3. The minimum atomic E-state index is -4.43. The van der Waals surface area contributed by atoms with Crippen molar-refractivity contribution < 1.29 is 51.7 Å². The molecule has 0 aromatic rings. The largest absolute Gasteiger partial charge is 1.00 e. The third-order valence-electron chi connectivity index (χ3n) is 0.442. The van der Waals surface area contributed by atoms with E-state index in [1.165, 1.54) is 0 Å². The quantitative estimate of drug-likeness (QED) is 0.339. The average molecular weight is 180 g/mol. The number of halogens is 1. The van der Waals surface area contributed by atoms with Crippen LogP contribution in [-0.4, -0.2) is 25.3 Å². The van der Waals surface area contributed by atoms with Gasteiger partial charge in [0.1, 0.15) is 16.1 Å². The van der Waals surface area contributed by atoms with Gasteiger partial charge in [0.05, 0.1) is 0 Å². The molecule has 0 radical (unpaired) electrons. The Morgan fingerprint density at radius 1 is 1.70 bits per heavy atom. The molecule has 1 atom stereocenters. The van der Waals surface area contributed by atoms with E-state index >= 15 is 0 Å². The van der Waals surface area contributed by atoms with E-state index < -0.39 is 22.4 Å². The first-order valence-electron chi connectivity index (χ1n) is 2.11. The van der Waals surface area contributed by atoms with E-state index in [2.05, 4.69) is 4.74 Å². The molecule has 0 saturated heterocycles. The van der Waals surface area contributed by atoms with Crippen LogP contribution in [0.4, 0.5) is 4.39 Å². The van der Waals surface area contributed by atoms with Crippen molar-refractivity contribution in [3.05, 3.63) is 0 Å². The minimum absolute atomic E-state index is 0. The van der Waals surface area contributed by atoms with Crippen LogP contribution in [-0.2, 0) is 14.9 Å². The van der Waals surface area contributed by atoms with Crippen LogP contribution in [0, 0.1) is 0 Å². The predicted molar refractivity (Wildman–Crippen MR) is 26.2 cm³/mol. The summed E-state index contributed by atoms with van der Waals surface area (Å²) >= 11 is 0.